The first-order chi connectivity index (χ1) is 8.58. The summed E-state index contributed by atoms with van der Waals surface area (Å²) < 4.78 is 0. The maximum atomic E-state index is 4.29. The van der Waals surface area contributed by atoms with Crippen molar-refractivity contribution in [2.75, 3.05) is 27.2 Å². The van der Waals surface area contributed by atoms with Crippen LogP contribution in [0.4, 0.5) is 0 Å². The molecular formula is C14H26N4. The van der Waals surface area contributed by atoms with Gasteiger partial charge in [0.25, 0.3) is 0 Å². The van der Waals surface area contributed by atoms with Crippen molar-refractivity contribution in [2.45, 2.75) is 45.7 Å². The highest BCUT2D eigenvalue weighted by molar-refractivity contribution is 5.22. The number of aryl methyl sites for hydroxylation is 2. The van der Waals surface area contributed by atoms with Crippen molar-refractivity contribution in [1.82, 2.24) is 20.0 Å². The summed E-state index contributed by atoms with van der Waals surface area (Å²) in [4.78, 5) is 4.95. The SMILES string of the molecule is Cc1n[nH]c(C)c1CN1CCC[C@@H](N(C)C)CC1. The van der Waals surface area contributed by atoms with Crippen LogP contribution in [0.15, 0.2) is 0 Å². The second kappa shape index (κ2) is 5.85. The van der Waals surface area contributed by atoms with Gasteiger partial charge in [0.2, 0.25) is 0 Å². The summed E-state index contributed by atoms with van der Waals surface area (Å²) in [5.74, 6) is 0. The van der Waals surface area contributed by atoms with Gasteiger partial charge in [-0.3, -0.25) is 10.00 Å². The molecule has 0 amide bonds. The molecule has 1 N–H and O–H groups in total. The van der Waals surface area contributed by atoms with Crippen LogP contribution in [0.5, 0.6) is 0 Å². The van der Waals surface area contributed by atoms with Gasteiger partial charge in [-0.1, -0.05) is 0 Å². The minimum absolute atomic E-state index is 0.751. The molecule has 1 aromatic rings. The van der Waals surface area contributed by atoms with Crippen LogP contribution in [0.1, 0.15) is 36.2 Å². The largest absolute Gasteiger partial charge is 0.306 e. The lowest BCUT2D eigenvalue weighted by Crippen LogP contribution is -2.30. The van der Waals surface area contributed by atoms with E-state index in [2.05, 4.69) is 47.9 Å². The molecule has 0 aliphatic carbocycles. The minimum atomic E-state index is 0.751. The summed E-state index contributed by atoms with van der Waals surface area (Å²) in [5.41, 5.74) is 3.76. The molecule has 0 radical (unpaired) electrons. The number of likely N-dealkylation sites (tertiary alicyclic amines) is 1. The summed E-state index contributed by atoms with van der Waals surface area (Å²) >= 11 is 0. The Morgan fingerprint density at radius 3 is 2.67 bits per heavy atom. The molecule has 0 unspecified atom stereocenters. The van der Waals surface area contributed by atoms with E-state index in [1.165, 1.54) is 43.6 Å². The Morgan fingerprint density at radius 1 is 1.28 bits per heavy atom. The van der Waals surface area contributed by atoms with E-state index in [1.54, 1.807) is 0 Å². The molecule has 2 heterocycles. The molecular weight excluding hydrogens is 224 g/mol. The van der Waals surface area contributed by atoms with Crippen LogP contribution in [0.3, 0.4) is 0 Å². The molecule has 1 saturated heterocycles. The molecule has 1 aromatic heterocycles. The normalized spacial score (nSPS) is 22.4. The van der Waals surface area contributed by atoms with Crippen molar-refractivity contribution in [1.29, 1.82) is 0 Å². The fraction of sp³-hybridized carbons (Fsp3) is 0.786. The number of H-pyrrole nitrogens is 1. The number of aromatic amines is 1. The van der Waals surface area contributed by atoms with Crippen LogP contribution in [-0.2, 0) is 6.54 Å². The fourth-order valence-electron chi connectivity index (χ4n) is 2.84. The van der Waals surface area contributed by atoms with E-state index in [-0.39, 0.29) is 0 Å². The zero-order valence-corrected chi connectivity index (χ0v) is 12.2. The van der Waals surface area contributed by atoms with Gasteiger partial charge in [-0.25, -0.2) is 0 Å². The highest BCUT2D eigenvalue weighted by atomic mass is 15.2. The van der Waals surface area contributed by atoms with Gasteiger partial charge in [0.15, 0.2) is 0 Å². The second-order valence-corrected chi connectivity index (χ2v) is 5.74. The molecule has 1 fully saturated rings. The molecule has 0 spiro atoms. The molecule has 1 aliphatic rings. The van der Waals surface area contributed by atoms with E-state index < -0.39 is 0 Å². The highest BCUT2D eigenvalue weighted by Crippen LogP contribution is 2.18. The van der Waals surface area contributed by atoms with Crippen LogP contribution in [0, 0.1) is 13.8 Å². The second-order valence-electron chi connectivity index (χ2n) is 5.74. The number of aromatic nitrogens is 2. The molecule has 18 heavy (non-hydrogen) atoms. The molecule has 4 nitrogen and oxygen atoms in total. The molecule has 1 atom stereocenters. The summed E-state index contributed by atoms with van der Waals surface area (Å²) in [6.07, 6.45) is 3.91. The molecule has 2 rings (SSSR count). The first kappa shape index (κ1) is 13.6. The van der Waals surface area contributed by atoms with Crippen LogP contribution in [-0.4, -0.2) is 53.2 Å². The van der Waals surface area contributed by atoms with Gasteiger partial charge in [0, 0.05) is 23.8 Å². The predicted octanol–water partition coefficient (Wildman–Crippen LogP) is 1.94. The maximum absolute atomic E-state index is 4.29. The van der Waals surface area contributed by atoms with Crippen molar-refractivity contribution < 1.29 is 0 Å². The average Bonchev–Trinajstić information content (AvgIpc) is 2.57. The lowest BCUT2D eigenvalue weighted by Gasteiger charge is -2.23. The Morgan fingerprint density at radius 2 is 2.06 bits per heavy atom. The van der Waals surface area contributed by atoms with Gasteiger partial charge in [-0.05, 0) is 60.3 Å². The van der Waals surface area contributed by atoms with Crippen molar-refractivity contribution in [3.8, 4) is 0 Å². The lowest BCUT2D eigenvalue weighted by molar-refractivity contribution is 0.245. The van der Waals surface area contributed by atoms with E-state index in [9.17, 15) is 0 Å². The summed E-state index contributed by atoms with van der Waals surface area (Å²) in [6, 6.07) is 0.751. The molecule has 0 saturated carbocycles. The topological polar surface area (TPSA) is 35.2 Å². The van der Waals surface area contributed by atoms with Crippen LogP contribution < -0.4 is 0 Å². The molecule has 0 aromatic carbocycles. The number of hydrogen-bond acceptors (Lipinski definition) is 3. The molecule has 4 heteroatoms. The quantitative estimate of drug-likeness (QED) is 0.890. The van der Waals surface area contributed by atoms with Gasteiger partial charge in [-0.2, -0.15) is 5.10 Å². The molecule has 1 aliphatic heterocycles. The average molecular weight is 250 g/mol. The third kappa shape index (κ3) is 3.12. The van der Waals surface area contributed by atoms with Crippen molar-refractivity contribution in [3.63, 3.8) is 0 Å². The van der Waals surface area contributed by atoms with Crippen molar-refractivity contribution in [2.24, 2.45) is 0 Å². The third-order valence-electron chi connectivity index (χ3n) is 4.18. The van der Waals surface area contributed by atoms with E-state index >= 15 is 0 Å². The van der Waals surface area contributed by atoms with Crippen LogP contribution in [0.25, 0.3) is 0 Å². The zero-order chi connectivity index (χ0) is 13.1. The summed E-state index contributed by atoms with van der Waals surface area (Å²) in [7, 11) is 4.40. The predicted molar refractivity (Wildman–Crippen MR) is 74.7 cm³/mol. The zero-order valence-electron chi connectivity index (χ0n) is 12.2. The Labute approximate surface area is 110 Å². The minimum Gasteiger partial charge on any atom is -0.306 e. The molecule has 0 bridgehead atoms. The summed E-state index contributed by atoms with van der Waals surface area (Å²) in [5, 5.41) is 7.37. The van der Waals surface area contributed by atoms with Gasteiger partial charge in [0.1, 0.15) is 0 Å². The van der Waals surface area contributed by atoms with Gasteiger partial charge < -0.3 is 4.90 Å². The van der Waals surface area contributed by atoms with Gasteiger partial charge in [0.05, 0.1) is 5.69 Å². The van der Waals surface area contributed by atoms with Crippen LogP contribution >= 0.6 is 0 Å². The smallest absolute Gasteiger partial charge is 0.0639 e. The fourth-order valence-corrected chi connectivity index (χ4v) is 2.84. The number of hydrogen-bond donors (Lipinski definition) is 1. The van der Waals surface area contributed by atoms with E-state index in [0.717, 1.165) is 18.3 Å². The Balaban J connectivity index is 1.95. The Kier molecular flexibility index (Phi) is 4.40. The Hall–Kier alpha value is -0.870. The Bertz CT molecular complexity index is 364. The highest BCUT2D eigenvalue weighted by Gasteiger charge is 2.19. The summed E-state index contributed by atoms with van der Waals surface area (Å²) in [6.45, 7) is 7.69. The van der Waals surface area contributed by atoms with Gasteiger partial charge in [-0.15, -0.1) is 0 Å². The standard InChI is InChI=1S/C14H26N4/c1-11-14(12(2)16-15-11)10-18-8-5-6-13(7-9-18)17(3)4/h13H,5-10H2,1-4H3,(H,15,16)/t13-/m1/s1. The van der Waals surface area contributed by atoms with Gasteiger partial charge >= 0.3 is 0 Å². The van der Waals surface area contributed by atoms with Crippen LogP contribution in [0.2, 0.25) is 0 Å². The van der Waals surface area contributed by atoms with Crippen molar-refractivity contribution >= 4 is 0 Å². The van der Waals surface area contributed by atoms with E-state index in [4.69, 9.17) is 0 Å². The number of nitrogens with zero attached hydrogens (tertiary/aromatic N) is 3. The first-order valence-corrected chi connectivity index (χ1v) is 6.97. The van der Waals surface area contributed by atoms with E-state index in [1.807, 2.05) is 0 Å². The molecule has 102 valence electrons. The third-order valence-corrected chi connectivity index (χ3v) is 4.18. The first-order valence-electron chi connectivity index (χ1n) is 6.97. The number of nitrogens with one attached hydrogen (secondary N) is 1. The maximum Gasteiger partial charge on any atom is 0.0639 e. The monoisotopic (exact) mass is 250 g/mol. The number of rotatable bonds is 3. The van der Waals surface area contributed by atoms with Crippen molar-refractivity contribution in [3.05, 3.63) is 17.0 Å². The lowest BCUT2D eigenvalue weighted by atomic mass is 10.1. The van der Waals surface area contributed by atoms with E-state index in [0.29, 0.717) is 0 Å².